The van der Waals surface area contributed by atoms with E-state index in [1.165, 1.54) is 6.21 Å². The van der Waals surface area contributed by atoms with Crippen molar-refractivity contribution in [3.63, 3.8) is 0 Å². The number of carbonyl (C=O) groups excluding carboxylic acids is 2. The normalized spacial score (nSPS) is 14.8. The van der Waals surface area contributed by atoms with Gasteiger partial charge in [0.2, 0.25) is 11.8 Å². The Balaban J connectivity index is 0.908. The summed E-state index contributed by atoms with van der Waals surface area (Å²) in [6.45, 7) is 6.42. The zero-order valence-electron chi connectivity index (χ0n) is 39.6. The van der Waals surface area contributed by atoms with Crippen molar-refractivity contribution in [2.45, 2.75) is 91.1 Å². The smallest absolute Gasteiger partial charge is 0.234 e. The van der Waals surface area contributed by atoms with Gasteiger partial charge in [0.15, 0.2) is 0 Å². The van der Waals surface area contributed by atoms with Crippen LogP contribution in [0.1, 0.15) is 81.3 Å². The number of primary amides is 2. The third kappa shape index (κ3) is 12.4. The monoisotopic (exact) mass is 994 g/mol. The molecular weight excluding hydrogens is 940 g/mol. The molecule has 3 aliphatic rings. The SMILES string of the molecule is Cc1c(COc2cc(OCc3cncc(C=N)c3)c(CN[C@H](C(N)=O)C3CC3)cc2Cl)cccc1-c1cccc(COc2cc(OCc3cncc(C4=NC4)c3)c(CN[C@H](C(N)=O)C3CC3)cc2Cl)c1C. The maximum Gasteiger partial charge on any atom is 0.234 e. The van der Waals surface area contributed by atoms with Crippen LogP contribution in [0.25, 0.3) is 11.1 Å². The second-order valence-corrected chi connectivity index (χ2v) is 19.2. The maximum atomic E-state index is 12.3. The number of nitrogens with zero attached hydrogens (tertiary/aromatic N) is 3. The van der Waals surface area contributed by atoms with Gasteiger partial charge < -0.3 is 46.5 Å². The zero-order chi connectivity index (χ0) is 49.6. The van der Waals surface area contributed by atoms with E-state index in [1.807, 2.05) is 42.5 Å². The lowest BCUT2D eigenvalue weighted by molar-refractivity contribution is -0.121. The highest BCUT2D eigenvalue weighted by molar-refractivity contribution is 6.32. The molecule has 16 heteroatoms. The molecular formula is C55H56Cl2N8O6. The molecule has 14 nitrogen and oxygen atoms in total. The number of pyridine rings is 2. The molecule has 2 amide bonds. The van der Waals surface area contributed by atoms with Gasteiger partial charge in [-0.3, -0.25) is 24.5 Å². The number of hydrogen-bond donors (Lipinski definition) is 5. The second kappa shape index (κ2) is 22.1. The largest absolute Gasteiger partial charge is 0.488 e. The first-order chi connectivity index (χ1) is 34.4. The van der Waals surface area contributed by atoms with E-state index in [0.717, 1.165) is 99.1 Å². The molecule has 2 saturated carbocycles. The lowest BCUT2D eigenvalue weighted by Gasteiger charge is -2.20. The summed E-state index contributed by atoms with van der Waals surface area (Å²) in [6, 6.07) is 22.5. The van der Waals surface area contributed by atoms with E-state index >= 15 is 0 Å². The van der Waals surface area contributed by atoms with Crippen LogP contribution in [0, 0.1) is 31.1 Å². The highest BCUT2D eigenvalue weighted by Crippen LogP contribution is 2.39. The topological polar surface area (TPSA) is 209 Å². The zero-order valence-corrected chi connectivity index (χ0v) is 41.1. The summed E-state index contributed by atoms with van der Waals surface area (Å²) in [6.07, 6.45) is 11.9. The van der Waals surface area contributed by atoms with Gasteiger partial charge in [-0.25, -0.2) is 0 Å². The summed E-state index contributed by atoms with van der Waals surface area (Å²) < 4.78 is 25.7. The quantitative estimate of drug-likeness (QED) is 0.0344. The summed E-state index contributed by atoms with van der Waals surface area (Å²) in [4.78, 5) is 37.5. The van der Waals surface area contributed by atoms with Crippen LogP contribution in [0.4, 0.5) is 0 Å². The molecule has 0 spiro atoms. The van der Waals surface area contributed by atoms with E-state index in [1.54, 1.807) is 43.0 Å². The highest BCUT2D eigenvalue weighted by atomic mass is 35.5. The Kier molecular flexibility index (Phi) is 15.3. The van der Waals surface area contributed by atoms with Crippen molar-refractivity contribution in [2.24, 2.45) is 28.3 Å². The Labute approximate surface area is 423 Å². The van der Waals surface area contributed by atoms with Gasteiger partial charge in [0, 0.05) is 89.6 Å². The summed E-state index contributed by atoms with van der Waals surface area (Å²) in [5.41, 5.74) is 23.5. The number of benzene rings is 4. The molecule has 0 radical (unpaired) electrons. The molecule has 7 N–H and O–H groups in total. The molecule has 366 valence electrons. The van der Waals surface area contributed by atoms with Crippen molar-refractivity contribution < 1.29 is 28.5 Å². The van der Waals surface area contributed by atoms with E-state index in [9.17, 15) is 9.59 Å². The molecule has 4 aromatic carbocycles. The van der Waals surface area contributed by atoms with Gasteiger partial charge in [-0.2, -0.15) is 0 Å². The van der Waals surface area contributed by atoms with Gasteiger partial charge in [-0.1, -0.05) is 59.6 Å². The number of hydrogen-bond acceptors (Lipinski definition) is 12. The average Bonchev–Trinajstić information content (AvgIpc) is 4.19. The molecule has 0 saturated heterocycles. The number of amides is 2. The van der Waals surface area contributed by atoms with Gasteiger partial charge in [0.05, 0.1) is 34.4 Å². The highest BCUT2D eigenvalue weighted by Gasteiger charge is 2.36. The Morgan fingerprint density at radius 3 is 1.56 bits per heavy atom. The van der Waals surface area contributed by atoms with Crippen LogP contribution in [0.5, 0.6) is 23.0 Å². The van der Waals surface area contributed by atoms with Gasteiger partial charge >= 0.3 is 0 Å². The van der Waals surface area contributed by atoms with E-state index in [4.69, 9.17) is 59.0 Å². The standard InChI is InChI=1S/C55H56Cl2N8O6/c1-31-38(29-70-50-17-48(68-27-34-13-33(19-58)20-61-21-34)41(15-45(50)56)24-64-52(54(59)66)36-9-10-36)5-3-7-43(31)44-8-4-6-39(32(44)2)30-71-51-18-49(69-28-35-14-40(23-62-22-35)47-26-63-47)42(16-46(51)57)25-65-53(55(60)67)37-11-12-37/h3-8,13-23,36-37,52-53,58,64-65H,9-12,24-30H2,1-2H3,(H2,59,66)(H2,60,67)/t52-,53-/m0/s1. The molecule has 71 heavy (non-hydrogen) atoms. The van der Waals surface area contributed by atoms with Crippen LogP contribution < -0.4 is 41.0 Å². The summed E-state index contributed by atoms with van der Waals surface area (Å²) in [7, 11) is 0. The maximum absolute atomic E-state index is 12.3. The first-order valence-corrected chi connectivity index (χ1v) is 24.5. The first kappa shape index (κ1) is 49.2. The van der Waals surface area contributed by atoms with Gasteiger partial charge in [-0.05, 0) is 109 Å². The van der Waals surface area contributed by atoms with Crippen molar-refractivity contribution in [1.82, 2.24) is 20.6 Å². The summed E-state index contributed by atoms with van der Waals surface area (Å²) in [5, 5.41) is 15.1. The third-order valence-corrected chi connectivity index (χ3v) is 13.8. The third-order valence-electron chi connectivity index (χ3n) is 13.2. The number of ether oxygens (including phenoxy) is 4. The number of nitrogens with one attached hydrogen (secondary N) is 3. The van der Waals surface area contributed by atoms with Crippen LogP contribution in [0.15, 0.2) is 103 Å². The Bertz CT molecular complexity index is 3010. The molecule has 0 unspecified atom stereocenters. The Morgan fingerprint density at radius 1 is 0.648 bits per heavy atom. The van der Waals surface area contributed by atoms with Crippen LogP contribution >= 0.6 is 23.2 Å². The molecule has 2 fully saturated rings. The lowest BCUT2D eigenvalue weighted by atomic mass is 9.92. The fourth-order valence-corrected chi connectivity index (χ4v) is 9.21. The van der Waals surface area contributed by atoms with Crippen LogP contribution in [0.3, 0.4) is 0 Å². The summed E-state index contributed by atoms with van der Waals surface area (Å²) >= 11 is 13.8. The van der Waals surface area contributed by atoms with Gasteiger partial charge in [0.1, 0.15) is 49.4 Å². The van der Waals surface area contributed by atoms with E-state index in [-0.39, 0.29) is 50.1 Å². The summed E-state index contributed by atoms with van der Waals surface area (Å²) in [5.74, 6) is 1.66. The van der Waals surface area contributed by atoms with E-state index in [0.29, 0.717) is 51.7 Å². The number of aromatic nitrogens is 2. The van der Waals surface area contributed by atoms with Gasteiger partial charge in [-0.15, -0.1) is 0 Å². The van der Waals surface area contributed by atoms with Crippen LogP contribution in [-0.2, 0) is 49.1 Å². The number of halogens is 2. The van der Waals surface area contributed by atoms with Crippen molar-refractivity contribution in [2.75, 3.05) is 6.54 Å². The minimum atomic E-state index is -0.451. The molecule has 3 heterocycles. The molecule has 6 aromatic rings. The number of rotatable bonds is 25. The fourth-order valence-electron chi connectivity index (χ4n) is 8.72. The molecule has 9 rings (SSSR count). The number of nitrogens with two attached hydrogens (primary N) is 2. The minimum absolute atomic E-state index is 0.187. The molecule has 0 bridgehead atoms. The predicted molar refractivity (Wildman–Crippen MR) is 274 cm³/mol. The molecule has 1 aliphatic heterocycles. The molecule has 2 aromatic heterocycles. The predicted octanol–water partition coefficient (Wildman–Crippen LogP) is 8.89. The van der Waals surface area contributed by atoms with Gasteiger partial charge in [0.25, 0.3) is 0 Å². The van der Waals surface area contributed by atoms with Crippen molar-refractivity contribution >= 4 is 46.9 Å². The molecule has 2 aliphatic carbocycles. The Hall–Kier alpha value is -6.84. The van der Waals surface area contributed by atoms with Crippen LogP contribution in [-0.4, -0.2) is 52.3 Å². The molecule has 2 atom stereocenters. The minimum Gasteiger partial charge on any atom is -0.488 e. The Morgan fingerprint density at radius 2 is 1.11 bits per heavy atom. The van der Waals surface area contributed by atoms with Crippen LogP contribution in [0.2, 0.25) is 10.0 Å². The lowest BCUT2D eigenvalue weighted by Crippen LogP contribution is -2.42. The van der Waals surface area contributed by atoms with E-state index in [2.05, 4.69) is 51.6 Å². The van der Waals surface area contributed by atoms with Crippen molar-refractivity contribution in [3.8, 4) is 34.1 Å². The van der Waals surface area contributed by atoms with Crippen molar-refractivity contribution in [1.29, 1.82) is 5.41 Å². The number of carbonyl (C=O) groups is 2. The first-order valence-electron chi connectivity index (χ1n) is 23.7. The van der Waals surface area contributed by atoms with E-state index < -0.39 is 12.1 Å². The van der Waals surface area contributed by atoms with Crippen molar-refractivity contribution in [3.05, 3.63) is 163 Å². The second-order valence-electron chi connectivity index (χ2n) is 18.4. The number of aliphatic imine (C=N–C) groups is 1. The average molecular weight is 996 g/mol. The fraction of sp³-hybridized carbons (Fsp3) is 0.309.